The number of halogens is 2. The third-order valence-electron chi connectivity index (χ3n) is 5.18. The second-order valence-electron chi connectivity index (χ2n) is 7.32. The van der Waals surface area contributed by atoms with Crippen molar-refractivity contribution in [2.24, 2.45) is 5.73 Å². The molecule has 3 aromatic rings. The van der Waals surface area contributed by atoms with Gasteiger partial charge in [-0.3, -0.25) is 0 Å². The van der Waals surface area contributed by atoms with E-state index in [-0.39, 0.29) is 23.8 Å². The number of nitrogens with two attached hydrogens (primary N) is 1. The zero-order valence-corrected chi connectivity index (χ0v) is 19.2. The van der Waals surface area contributed by atoms with Crippen molar-refractivity contribution in [2.75, 3.05) is 6.61 Å². The minimum Gasteiger partial charge on any atom is -0.508 e. The summed E-state index contributed by atoms with van der Waals surface area (Å²) >= 11 is 12.1. The zero-order chi connectivity index (χ0) is 23.5. The van der Waals surface area contributed by atoms with Crippen LogP contribution in [0.2, 0.25) is 10.0 Å². The highest BCUT2D eigenvalue weighted by Gasteiger charge is 2.31. The van der Waals surface area contributed by atoms with Crippen LogP contribution in [0.15, 0.2) is 66.1 Å². The van der Waals surface area contributed by atoms with Crippen molar-refractivity contribution in [1.82, 2.24) is 0 Å². The van der Waals surface area contributed by atoms with Crippen LogP contribution in [0.4, 0.5) is 0 Å². The molecule has 8 heteroatoms. The summed E-state index contributed by atoms with van der Waals surface area (Å²) in [7, 11) is 0. The van der Waals surface area contributed by atoms with Crippen molar-refractivity contribution in [3.63, 3.8) is 0 Å². The predicted molar refractivity (Wildman–Crippen MR) is 126 cm³/mol. The lowest BCUT2D eigenvalue weighted by atomic mass is 9.83. The molecule has 0 spiro atoms. The molecular weight excluding hydrogens is 463 g/mol. The highest BCUT2D eigenvalue weighted by molar-refractivity contribution is 6.42. The molecule has 0 saturated heterocycles. The lowest BCUT2D eigenvalue weighted by molar-refractivity contribution is 0.269. The summed E-state index contributed by atoms with van der Waals surface area (Å²) in [6.07, 6.45) is 0. The third-order valence-corrected chi connectivity index (χ3v) is 5.92. The van der Waals surface area contributed by atoms with Crippen molar-refractivity contribution < 1.29 is 19.3 Å². The molecule has 0 amide bonds. The Morgan fingerprint density at radius 3 is 2.58 bits per heavy atom. The van der Waals surface area contributed by atoms with E-state index in [1.54, 1.807) is 30.3 Å². The van der Waals surface area contributed by atoms with E-state index in [9.17, 15) is 10.4 Å². The van der Waals surface area contributed by atoms with Crippen LogP contribution in [-0.2, 0) is 6.61 Å². The Bertz CT molecular complexity index is 1280. The smallest absolute Gasteiger partial charge is 0.205 e. The number of aromatic hydroxyl groups is 1. The fraction of sp³-hybridized carbons (Fsp3) is 0.160. The molecule has 1 heterocycles. The molecule has 0 aliphatic carbocycles. The van der Waals surface area contributed by atoms with Crippen LogP contribution in [0.5, 0.6) is 23.0 Å². The average Bonchev–Trinajstić information content (AvgIpc) is 2.79. The number of allylic oxidation sites excluding steroid dienone is 1. The van der Waals surface area contributed by atoms with Crippen molar-refractivity contribution in [1.29, 1.82) is 5.26 Å². The Kier molecular flexibility index (Phi) is 6.55. The van der Waals surface area contributed by atoms with Gasteiger partial charge in [-0.15, -0.1) is 0 Å². The van der Waals surface area contributed by atoms with Gasteiger partial charge in [0.25, 0.3) is 0 Å². The predicted octanol–water partition coefficient (Wildman–Crippen LogP) is 5.89. The molecule has 6 nitrogen and oxygen atoms in total. The van der Waals surface area contributed by atoms with Crippen LogP contribution in [0.1, 0.15) is 29.5 Å². The maximum atomic E-state index is 9.84. The van der Waals surface area contributed by atoms with Crippen LogP contribution in [0.3, 0.4) is 0 Å². The van der Waals surface area contributed by atoms with Crippen LogP contribution in [0, 0.1) is 11.3 Å². The summed E-state index contributed by atoms with van der Waals surface area (Å²) in [5.74, 6) is 1.02. The first-order chi connectivity index (χ1) is 15.9. The summed E-state index contributed by atoms with van der Waals surface area (Å²) < 4.78 is 17.4. The number of rotatable bonds is 6. The standard InChI is InChI=1S/C25H20Cl2N2O4/c1-2-31-23-10-15(4-8-21(23)32-13-14-3-7-19(26)20(27)9-14)24-17-6-5-16(30)11-22(17)33-25(29)18(24)12-28/h3-11,24,30H,2,13,29H2,1H3/t24-/m1/s1. The Labute approximate surface area is 201 Å². The summed E-state index contributed by atoms with van der Waals surface area (Å²) in [6.45, 7) is 2.57. The fourth-order valence-corrected chi connectivity index (χ4v) is 3.99. The van der Waals surface area contributed by atoms with Crippen LogP contribution in [0.25, 0.3) is 0 Å². The maximum Gasteiger partial charge on any atom is 0.205 e. The minimum absolute atomic E-state index is 0.00139. The highest BCUT2D eigenvalue weighted by atomic mass is 35.5. The van der Waals surface area contributed by atoms with E-state index in [1.807, 2.05) is 25.1 Å². The fourth-order valence-electron chi connectivity index (χ4n) is 3.67. The molecule has 3 aromatic carbocycles. The van der Waals surface area contributed by atoms with Gasteiger partial charge in [-0.05, 0) is 48.4 Å². The molecule has 0 fully saturated rings. The van der Waals surface area contributed by atoms with Crippen LogP contribution < -0.4 is 19.9 Å². The Hall–Kier alpha value is -3.53. The van der Waals surface area contributed by atoms with Gasteiger partial charge < -0.3 is 25.1 Å². The summed E-state index contributed by atoms with van der Waals surface area (Å²) in [5.41, 5.74) is 8.64. The van der Waals surface area contributed by atoms with Crippen molar-refractivity contribution in [2.45, 2.75) is 19.4 Å². The SMILES string of the molecule is CCOc1cc([C@H]2C(C#N)=C(N)Oc3cc(O)ccc32)ccc1OCc1ccc(Cl)c(Cl)c1. The lowest BCUT2D eigenvalue weighted by Gasteiger charge is -2.27. The quantitative estimate of drug-likeness (QED) is 0.454. The first kappa shape index (κ1) is 22.7. The number of phenolic OH excluding ortho intramolecular Hbond substituents is 1. The highest BCUT2D eigenvalue weighted by Crippen LogP contribution is 2.45. The number of hydrogen-bond donors (Lipinski definition) is 2. The van der Waals surface area contributed by atoms with Crippen LogP contribution >= 0.6 is 23.2 Å². The molecule has 168 valence electrons. The molecule has 33 heavy (non-hydrogen) atoms. The van der Waals surface area contributed by atoms with Gasteiger partial charge >= 0.3 is 0 Å². The largest absolute Gasteiger partial charge is 0.508 e. The van der Waals surface area contributed by atoms with Crippen molar-refractivity contribution in [3.8, 4) is 29.1 Å². The maximum absolute atomic E-state index is 9.84. The molecule has 1 aliphatic heterocycles. The number of benzene rings is 3. The van der Waals surface area contributed by atoms with Gasteiger partial charge in [0.2, 0.25) is 5.88 Å². The second kappa shape index (κ2) is 9.53. The van der Waals surface area contributed by atoms with Gasteiger partial charge in [-0.2, -0.15) is 5.26 Å². The average molecular weight is 483 g/mol. The summed E-state index contributed by atoms with van der Waals surface area (Å²) in [4.78, 5) is 0. The van der Waals surface area contributed by atoms with Gasteiger partial charge in [0, 0.05) is 11.6 Å². The molecular formula is C25H20Cl2N2O4. The molecule has 0 bridgehead atoms. The van der Waals surface area contributed by atoms with Gasteiger partial charge in [0.05, 0.1) is 22.6 Å². The number of nitrogens with zero attached hydrogens (tertiary/aromatic N) is 1. The molecule has 0 aromatic heterocycles. The Balaban J connectivity index is 1.69. The molecule has 0 unspecified atom stereocenters. The first-order valence-corrected chi connectivity index (χ1v) is 10.9. The number of phenols is 1. The van der Waals surface area contributed by atoms with Crippen molar-refractivity contribution >= 4 is 23.2 Å². The monoisotopic (exact) mass is 482 g/mol. The van der Waals surface area contributed by atoms with Gasteiger partial charge in [-0.1, -0.05) is 41.4 Å². The van der Waals surface area contributed by atoms with Gasteiger partial charge in [0.1, 0.15) is 29.7 Å². The molecule has 3 N–H and O–H groups in total. The molecule has 1 aliphatic rings. The van der Waals surface area contributed by atoms with E-state index in [0.29, 0.717) is 39.5 Å². The summed E-state index contributed by atoms with van der Waals surface area (Å²) in [6, 6.07) is 17.7. The topological polar surface area (TPSA) is 97.7 Å². The molecule has 1 atom stereocenters. The minimum atomic E-state index is -0.484. The molecule has 4 rings (SSSR count). The van der Waals surface area contributed by atoms with E-state index in [0.717, 1.165) is 11.1 Å². The zero-order valence-electron chi connectivity index (χ0n) is 17.6. The first-order valence-electron chi connectivity index (χ1n) is 10.1. The van der Waals surface area contributed by atoms with E-state index >= 15 is 0 Å². The number of fused-ring (bicyclic) bond motifs is 1. The Morgan fingerprint density at radius 2 is 1.85 bits per heavy atom. The van der Waals surface area contributed by atoms with E-state index in [2.05, 4.69) is 6.07 Å². The lowest BCUT2D eigenvalue weighted by Crippen LogP contribution is -2.21. The molecule has 0 saturated carbocycles. The normalized spacial score (nSPS) is 14.8. The second-order valence-corrected chi connectivity index (χ2v) is 8.14. The van der Waals surface area contributed by atoms with E-state index in [4.69, 9.17) is 43.1 Å². The number of ether oxygens (including phenoxy) is 3. The number of hydrogen-bond acceptors (Lipinski definition) is 6. The van der Waals surface area contributed by atoms with E-state index in [1.165, 1.54) is 6.07 Å². The van der Waals surface area contributed by atoms with Crippen molar-refractivity contribution in [3.05, 3.63) is 92.8 Å². The van der Waals surface area contributed by atoms with Gasteiger partial charge in [-0.25, -0.2) is 0 Å². The van der Waals surface area contributed by atoms with Crippen LogP contribution in [-0.4, -0.2) is 11.7 Å². The van der Waals surface area contributed by atoms with Gasteiger partial charge in [0.15, 0.2) is 11.5 Å². The van der Waals surface area contributed by atoms with E-state index < -0.39 is 5.92 Å². The number of nitriles is 1. The Morgan fingerprint density at radius 1 is 1.03 bits per heavy atom. The summed E-state index contributed by atoms with van der Waals surface area (Å²) in [5, 5.41) is 20.5. The third kappa shape index (κ3) is 4.65. The molecule has 0 radical (unpaired) electrons.